The number of pyridine rings is 1. The highest BCUT2D eigenvalue weighted by atomic mass is 79.9. The maximum absolute atomic E-state index is 12.6. The number of nitrogens with zero attached hydrogens (tertiary/aromatic N) is 2. The van der Waals surface area contributed by atoms with Crippen LogP contribution in [-0.4, -0.2) is 18.3 Å². The summed E-state index contributed by atoms with van der Waals surface area (Å²) < 4.78 is 49.8. The Balaban J connectivity index is 1.68. The van der Waals surface area contributed by atoms with Gasteiger partial charge in [-0.15, -0.1) is 0 Å². The minimum absolute atomic E-state index is 0.188. The highest BCUT2D eigenvalue weighted by Gasteiger charge is 2.30. The van der Waals surface area contributed by atoms with E-state index >= 15 is 0 Å². The van der Waals surface area contributed by atoms with Crippen LogP contribution in [0.1, 0.15) is 22.3 Å². The molecule has 1 N–H and O–H groups in total. The molecule has 0 unspecified atom stereocenters. The zero-order chi connectivity index (χ0) is 22.4. The van der Waals surface area contributed by atoms with Crippen molar-refractivity contribution in [3.63, 3.8) is 0 Å². The predicted molar refractivity (Wildman–Crippen MR) is 117 cm³/mol. The van der Waals surface area contributed by atoms with Gasteiger partial charge >= 0.3 is 6.18 Å². The highest BCUT2D eigenvalue weighted by Crippen LogP contribution is 2.37. The summed E-state index contributed by atoms with van der Waals surface area (Å²) in [5, 5.41) is 4.02. The number of aromatic nitrogens is 1. The van der Waals surface area contributed by atoms with Gasteiger partial charge in [0.2, 0.25) is 0 Å². The van der Waals surface area contributed by atoms with Gasteiger partial charge in [0.1, 0.15) is 12.4 Å². The van der Waals surface area contributed by atoms with E-state index in [1.54, 1.807) is 12.1 Å². The predicted octanol–water partition coefficient (Wildman–Crippen LogP) is 6.20. The molecule has 0 fully saturated rings. The number of rotatable bonds is 7. The molecule has 0 bridgehead atoms. The van der Waals surface area contributed by atoms with Crippen LogP contribution < -0.4 is 14.9 Å². The second-order valence-corrected chi connectivity index (χ2v) is 7.46. The van der Waals surface area contributed by atoms with E-state index in [9.17, 15) is 13.2 Å². The zero-order valence-corrected chi connectivity index (χ0v) is 18.3. The van der Waals surface area contributed by atoms with Gasteiger partial charge in [-0.3, -0.25) is 5.43 Å². The molecule has 0 aliphatic carbocycles. The van der Waals surface area contributed by atoms with Crippen molar-refractivity contribution in [1.82, 2.24) is 4.98 Å². The number of ether oxygens (including phenoxy) is 2. The van der Waals surface area contributed by atoms with Gasteiger partial charge in [0, 0.05) is 6.20 Å². The first-order valence-electron chi connectivity index (χ1n) is 9.14. The van der Waals surface area contributed by atoms with Gasteiger partial charge < -0.3 is 9.47 Å². The van der Waals surface area contributed by atoms with E-state index in [4.69, 9.17) is 9.47 Å². The second kappa shape index (κ2) is 9.82. The zero-order valence-electron chi connectivity index (χ0n) is 16.7. The summed E-state index contributed by atoms with van der Waals surface area (Å²) >= 11 is 3.48. The quantitative estimate of drug-likeness (QED) is 0.314. The molecule has 0 spiro atoms. The first kappa shape index (κ1) is 22.6. The Morgan fingerprint density at radius 3 is 2.48 bits per heavy atom. The van der Waals surface area contributed by atoms with E-state index < -0.39 is 11.7 Å². The molecule has 2 aromatic carbocycles. The lowest BCUT2D eigenvalue weighted by Gasteiger charge is -2.13. The minimum Gasteiger partial charge on any atom is -0.493 e. The summed E-state index contributed by atoms with van der Waals surface area (Å²) in [5.74, 6) is 1.25. The van der Waals surface area contributed by atoms with Crippen LogP contribution in [0.5, 0.6) is 11.5 Å². The molecule has 0 amide bonds. The summed E-state index contributed by atoms with van der Waals surface area (Å²) in [7, 11) is 1.53. The number of methoxy groups -OCH3 is 1. The van der Waals surface area contributed by atoms with Crippen LogP contribution in [0.15, 0.2) is 64.3 Å². The Morgan fingerprint density at radius 2 is 1.87 bits per heavy atom. The summed E-state index contributed by atoms with van der Waals surface area (Å²) in [6.45, 7) is 2.40. The first-order valence-corrected chi connectivity index (χ1v) is 9.94. The third-order valence-corrected chi connectivity index (χ3v) is 4.83. The topological polar surface area (TPSA) is 55.7 Å². The normalized spacial score (nSPS) is 11.5. The monoisotopic (exact) mass is 493 g/mol. The SMILES string of the molecule is COc1cc(/C=N\Nc2ccc(C(F)(F)F)cn2)cc(Br)c1OCc1ccc(C)cc1. The van der Waals surface area contributed by atoms with Gasteiger partial charge in [-0.2, -0.15) is 18.3 Å². The standard InChI is InChI=1S/C22H19BrF3N3O2/c1-14-3-5-15(6-4-14)13-31-21-18(23)9-16(10-19(21)30-2)11-28-29-20-8-7-17(12-27-20)22(24,25)26/h3-12H,13H2,1-2H3,(H,27,29)/b28-11-. The largest absolute Gasteiger partial charge is 0.493 e. The third-order valence-electron chi connectivity index (χ3n) is 4.24. The molecule has 31 heavy (non-hydrogen) atoms. The molecule has 0 aliphatic heterocycles. The average molecular weight is 494 g/mol. The molecule has 0 aliphatic rings. The van der Waals surface area contributed by atoms with Crippen molar-refractivity contribution >= 4 is 28.0 Å². The van der Waals surface area contributed by atoms with Gasteiger partial charge in [-0.05, 0) is 58.2 Å². The van der Waals surface area contributed by atoms with Crippen molar-refractivity contribution in [2.24, 2.45) is 5.10 Å². The Kier molecular flexibility index (Phi) is 7.17. The lowest BCUT2D eigenvalue weighted by molar-refractivity contribution is -0.137. The van der Waals surface area contributed by atoms with Crippen LogP contribution in [0, 0.1) is 6.92 Å². The van der Waals surface area contributed by atoms with Crippen molar-refractivity contribution in [2.75, 3.05) is 12.5 Å². The molecule has 0 saturated carbocycles. The number of hydrazone groups is 1. The Hall–Kier alpha value is -3.07. The van der Waals surface area contributed by atoms with Crippen molar-refractivity contribution in [3.8, 4) is 11.5 Å². The van der Waals surface area contributed by atoms with Crippen LogP contribution in [0.4, 0.5) is 19.0 Å². The van der Waals surface area contributed by atoms with Gasteiger partial charge in [0.15, 0.2) is 11.5 Å². The van der Waals surface area contributed by atoms with Crippen LogP contribution in [0.25, 0.3) is 0 Å². The Bertz CT molecular complexity index is 1050. The highest BCUT2D eigenvalue weighted by molar-refractivity contribution is 9.10. The molecule has 0 saturated heterocycles. The summed E-state index contributed by atoms with van der Waals surface area (Å²) in [6, 6.07) is 13.7. The third kappa shape index (κ3) is 6.21. The van der Waals surface area contributed by atoms with Crippen molar-refractivity contribution in [2.45, 2.75) is 19.7 Å². The molecule has 1 aromatic heterocycles. The Morgan fingerprint density at radius 1 is 1.13 bits per heavy atom. The summed E-state index contributed by atoms with van der Waals surface area (Å²) in [5.41, 5.74) is 4.66. The van der Waals surface area contributed by atoms with Crippen molar-refractivity contribution < 1.29 is 22.6 Å². The van der Waals surface area contributed by atoms with E-state index in [1.807, 2.05) is 31.2 Å². The van der Waals surface area contributed by atoms with Crippen molar-refractivity contribution in [3.05, 3.63) is 81.5 Å². The number of anilines is 1. The number of nitrogens with one attached hydrogen (secondary N) is 1. The molecule has 3 rings (SSSR count). The van der Waals surface area contributed by atoms with E-state index in [1.165, 1.54) is 25.0 Å². The molecule has 0 radical (unpaired) electrons. The maximum Gasteiger partial charge on any atom is 0.417 e. The summed E-state index contributed by atoms with van der Waals surface area (Å²) in [6.07, 6.45) is -2.19. The number of hydrogen-bond acceptors (Lipinski definition) is 5. The van der Waals surface area contributed by atoms with E-state index in [2.05, 4.69) is 31.4 Å². The smallest absolute Gasteiger partial charge is 0.417 e. The average Bonchev–Trinajstić information content (AvgIpc) is 2.73. The van der Waals surface area contributed by atoms with Gasteiger partial charge in [-0.25, -0.2) is 4.98 Å². The molecule has 0 atom stereocenters. The number of benzene rings is 2. The fourth-order valence-corrected chi connectivity index (χ4v) is 3.17. The van der Waals surface area contributed by atoms with Gasteiger partial charge in [0.05, 0.1) is 23.4 Å². The Labute approximate surface area is 186 Å². The number of alkyl halides is 3. The molecule has 162 valence electrons. The maximum atomic E-state index is 12.6. The fourth-order valence-electron chi connectivity index (χ4n) is 2.59. The van der Waals surface area contributed by atoms with Crippen LogP contribution in [0.2, 0.25) is 0 Å². The number of aryl methyl sites for hydroxylation is 1. The minimum atomic E-state index is -4.43. The number of halogens is 4. The van der Waals surface area contributed by atoms with Gasteiger partial charge in [0.25, 0.3) is 0 Å². The molecule has 1 heterocycles. The molecule has 9 heteroatoms. The molecule has 3 aromatic rings. The fraction of sp³-hybridized carbons (Fsp3) is 0.182. The van der Waals surface area contributed by atoms with Crippen LogP contribution in [-0.2, 0) is 12.8 Å². The van der Waals surface area contributed by atoms with E-state index in [-0.39, 0.29) is 5.82 Å². The molecular weight excluding hydrogens is 475 g/mol. The van der Waals surface area contributed by atoms with Gasteiger partial charge in [-0.1, -0.05) is 29.8 Å². The summed E-state index contributed by atoms with van der Waals surface area (Å²) in [4.78, 5) is 3.70. The lowest BCUT2D eigenvalue weighted by Crippen LogP contribution is -2.05. The van der Waals surface area contributed by atoms with Crippen molar-refractivity contribution in [1.29, 1.82) is 0 Å². The van der Waals surface area contributed by atoms with Crippen LogP contribution in [0.3, 0.4) is 0 Å². The van der Waals surface area contributed by atoms with Crippen LogP contribution >= 0.6 is 15.9 Å². The second-order valence-electron chi connectivity index (χ2n) is 6.61. The molecule has 5 nitrogen and oxygen atoms in total. The number of hydrogen-bond donors (Lipinski definition) is 1. The molecular formula is C22H19BrF3N3O2. The lowest BCUT2D eigenvalue weighted by atomic mass is 10.2. The van der Waals surface area contributed by atoms with E-state index in [0.717, 1.165) is 17.8 Å². The first-order chi connectivity index (χ1) is 14.8. The van der Waals surface area contributed by atoms with E-state index in [0.29, 0.717) is 28.1 Å².